The van der Waals surface area contributed by atoms with Gasteiger partial charge < -0.3 is 5.11 Å². The number of rotatable bonds is 2. The summed E-state index contributed by atoms with van der Waals surface area (Å²) < 4.78 is 0. The minimum absolute atomic E-state index is 0.0935. The Balaban J connectivity index is 2.99. The molecule has 0 aliphatic heterocycles. The normalized spacial score (nSPS) is 8.92. The number of carboxylic acid groups (broad SMARTS) is 1. The van der Waals surface area contributed by atoms with Crippen LogP contribution in [-0.2, 0) is 11.2 Å². The summed E-state index contributed by atoms with van der Waals surface area (Å²) in [5.41, 5.74) is 0.993. The van der Waals surface area contributed by atoms with Crippen molar-refractivity contribution in [3.63, 3.8) is 0 Å². The molecule has 0 saturated carbocycles. The van der Waals surface area contributed by atoms with Crippen LogP contribution in [0.4, 0.5) is 0 Å². The van der Waals surface area contributed by atoms with Crippen LogP contribution in [-0.4, -0.2) is 11.1 Å². The van der Waals surface area contributed by atoms with E-state index in [2.05, 4.69) is 0 Å². The van der Waals surface area contributed by atoms with Crippen LogP contribution in [0.5, 0.6) is 0 Å². The van der Waals surface area contributed by atoms with E-state index in [0.29, 0.717) is 11.1 Å². The van der Waals surface area contributed by atoms with Gasteiger partial charge in [0.25, 0.3) is 0 Å². The Morgan fingerprint density at radius 1 is 1.50 bits per heavy atom. The van der Waals surface area contributed by atoms with Crippen LogP contribution in [0.1, 0.15) is 11.1 Å². The fraction of sp³-hybridized carbons (Fsp3) is 0.111. The highest BCUT2D eigenvalue weighted by Gasteiger charge is 2.04. The number of benzene rings is 1. The van der Waals surface area contributed by atoms with E-state index in [1.807, 2.05) is 6.07 Å². The fourth-order valence-electron chi connectivity index (χ4n) is 0.946. The summed E-state index contributed by atoms with van der Waals surface area (Å²) in [6.07, 6.45) is -0.0935. The average Bonchev–Trinajstić information content (AvgIpc) is 2.04. The Hall–Kier alpha value is -1.82. The van der Waals surface area contributed by atoms with Crippen molar-refractivity contribution in [1.82, 2.24) is 0 Å². The quantitative estimate of drug-likeness (QED) is 0.708. The number of aliphatic carboxylic acids is 1. The van der Waals surface area contributed by atoms with Crippen molar-refractivity contribution in [3.05, 3.63) is 35.4 Å². The van der Waals surface area contributed by atoms with Crippen molar-refractivity contribution < 1.29 is 9.90 Å². The molecule has 1 rings (SSSR count). The van der Waals surface area contributed by atoms with Gasteiger partial charge in [-0.15, -0.1) is 0 Å². The van der Waals surface area contributed by atoms with E-state index in [9.17, 15) is 4.79 Å². The summed E-state index contributed by atoms with van der Waals surface area (Å²) in [5, 5.41) is 17.1. The van der Waals surface area contributed by atoms with E-state index in [0.717, 1.165) is 0 Å². The lowest BCUT2D eigenvalue weighted by Crippen LogP contribution is -2.01. The first-order chi connectivity index (χ1) is 5.74. The number of hydrogen-bond acceptors (Lipinski definition) is 2. The van der Waals surface area contributed by atoms with Gasteiger partial charge in [0.1, 0.15) is 0 Å². The Labute approximate surface area is 69.9 Å². The molecule has 1 aromatic carbocycles. The van der Waals surface area contributed by atoms with Crippen LogP contribution >= 0.6 is 0 Å². The molecule has 12 heavy (non-hydrogen) atoms. The van der Waals surface area contributed by atoms with Crippen LogP contribution in [0.25, 0.3) is 0 Å². The Kier molecular flexibility index (Phi) is 2.44. The predicted molar refractivity (Wildman–Crippen MR) is 42.5 cm³/mol. The SMILES string of the molecule is N#Cc1ccccc1CC(=O)O. The molecule has 0 bridgehead atoms. The highest BCUT2D eigenvalue weighted by Crippen LogP contribution is 2.07. The number of carbonyl (C=O) groups is 1. The number of hydrogen-bond donors (Lipinski definition) is 1. The largest absolute Gasteiger partial charge is 0.481 e. The van der Waals surface area contributed by atoms with Gasteiger partial charge in [0, 0.05) is 0 Å². The number of carboxylic acids is 1. The Bertz CT molecular complexity index is 339. The van der Waals surface area contributed by atoms with E-state index in [-0.39, 0.29) is 6.42 Å². The maximum atomic E-state index is 10.3. The Morgan fingerprint density at radius 3 is 2.75 bits per heavy atom. The van der Waals surface area contributed by atoms with Crippen LogP contribution in [0.2, 0.25) is 0 Å². The third-order valence-electron chi connectivity index (χ3n) is 1.48. The number of nitriles is 1. The van der Waals surface area contributed by atoms with E-state index >= 15 is 0 Å². The van der Waals surface area contributed by atoms with Gasteiger partial charge in [-0.05, 0) is 11.6 Å². The Morgan fingerprint density at radius 2 is 2.17 bits per heavy atom. The third kappa shape index (κ3) is 1.83. The monoisotopic (exact) mass is 161 g/mol. The van der Waals surface area contributed by atoms with Crippen molar-refractivity contribution in [1.29, 1.82) is 5.26 Å². The van der Waals surface area contributed by atoms with Gasteiger partial charge in [0.05, 0.1) is 18.1 Å². The highest BCUT2D eigenvalue weighted by atomic mass is 16.4. The third-order valence-corrected chi connectivity index (χ3v) is 1.48. The molecule has 0 aliphatic carbocycles. The molecular weight excluding hydrogens is 154 g/mol. The molecule has 0 amide bonds. The predicted octanol–water partition coefficient (Wildman–Crippen LogP) is 1.19. The van der Waals surface area contributed by atoms with Crippen molar-refractivity contribution in [3.8, 4) is 6.07 Å². The van der Waals surface area contributed by atoms with Gasteiger partial charge in [-0.25, -0.2) is 0 Å². The van der Waals surface area contributed by atoms with Gasteiger partial charge in [0.2, 0.25) is 0 Å². The molecule has 0 unspecified atom stereocenters. The standard InChI is InChI=1S/C9H7NO2/c10-6-8-4-2-1-3-7(8)5-9(11)12/h1-4H,5H2,(H,11,12). The first kappa shape index (κ1) is 8.28. The second-order valence-corrected chi connectivity index (χ2v) is 2.34. The van der Waals surface area contributed by atoms with E-state index in [1.165, 1.54) is 0 Å². The molecule has 1 N–H and O–H groups in total. The first-order valence-corrected chi connectivity index (χ1v) is 3.44. The van der Waals surface area contributed by atoms with Crippen LogP contribution in [0.3, 0.4) is 0 Å². The zero-order chi connectivity index (χ0) is 8.97. The summed E-state index contributed by atoms with van der Waals surface area (Å²) in [6.45, 7) is 0. The zero-order valence-corrected chi connectivity index (χ0v) is 6.32. The molecule has 0 aliphatic rings. The van der Waals surface area contributed by atoms with Gasteiger partial charge in [-0.2, -0.15) is 5.26 Å². The van der Waals surface area contributed by atoms with Crippen molar-refractivity contribution in [2.75, 3.05) is 0 Å². The molecule has 60 valence electrons. The lowest BCUT2D eigenvalue weighted by atomic mass is 10.1. The number of nitrogens with zero attached hydrogens (tertiary/aromatic N) is 1. The molecule has 0 aromatic heterocycles. The van der Waals surface area contributed by atoms with Gasteiger partial charge in [-0.1, -0.05) is 18.2 Å². The molecular formula is C9H7NO2. The van der Waals surface area contributed by atoms with E-state index < -0.39 is 5.97 Å². The first-order valence-electron chi connectivity index (χ1n) is 3.44. The van der Waals surface area contributed by atoms with Gasteiger partial charge in [-0.3, -0.25) is 4.79 Å². The molecule has 3 nitrogen and oxygen atoms in total. The van der Waals surface area contributed by atoms with Crippen molar-refractivity contribution >= 4 is 5.97 Å². The minimum Gasteiger partial charge on any atom is -0.481 e. The fourth-order valence-corrected chi connectivity index (χ4v) is 0.946. The zero-order valence-electron chi connectivity index (χ0n) is 6.32. The molecule has 0 saturated heterocycles. The lowest BCUT2D eigenvalue weighted by Gasteiger charge is -1.97. The van der Waals surface area contributed by atoms with Gasteiger partial charge >= 0.3 is 5.97 Å². The average molecular weight is 161 g/mol. The maximum Gasteiger partial charge on any atom is 0.307 e. The molecule has 0 fully saturated rings. The molecule has 0 spiro atoms. The van der Waals surface area contributed by atoms with Crippen LogP contribution in [0, 0.1) is 11.3 Å². The summed E-state index contributed by atoms with van der Waals surface area (Å²) in [5.74, 6) is -0.919. The summed E-state index contributed by atoms with van der Waals surface area (Å²) in [4.78, 5) is 10.3. The van der Waals surface area contributed by atoms with Gasteiger partial charge in [0.15, 0.2) is 0 Å². The minimum atomic E-state index is -0.919. The maximum absolute atomic E-state index is 10.3. The van der Waals surface area contributed by atoms with E-state index in [1.54, 1.807) is 24.3 Å². The molecule has 0 radical (unpaired) electrons. The van der Waals surface area contributed by atoms with E-state index in [4.69, 9.17) is 10.4 Å². The van der Waals surface area contributed by atoms with Crippen molar-refractivity contribution in [2.24, 2.45) is 0 Å². The highest BCUT2D eigenvalue weighted by molar-refractivity contribution is 5.71. The molecule has 0 atom stereocenters. The summed E-state index contributed by atoms with van der Waals surface area (Å²) in [7, 11) is 0. The smallest absolute Gasteiger partial charge is 0.307 e. The topological polar surface area (TPSA) is 61.1 Å². The second kappa shape index (κ2) is 3.54. The molecule has 0 heterocycles. The molecule has 1 aromatic rings. The summed E-state index contributed by atoms with van der Waals surface area (Å²) in [6, 6.07) is 8.63. The molecule has 3 heteroatoms. The lowest BCUT2D eigenvalue weighted by molar-refractivity contribution is -0.136. The summed E-state index contributed by atoms with van der Waals surface area (Å²) >= 11 is 0. The second-order valence-electron chi connectivity index (χ2n) is 2.34. The van der Waals surface area contributed by atoms with Crippen LogP contribution < -0.4 is 0 Å². The van der Waals surface area contributed by atoms with Crippen molar-refractivity contribution in [2.45, 2.75) is 6.42 Å². The van der Waals surface area contributed by atoms with Crippen LogP contribution in [0.15, 0.2) is 24.3 Å².